The Morgan fingerprint density at radius 1 is 1.12 bits per heavy atom. The summed E-state index contributed by atoms with van der Waals surface area (Å²) < 4.78 is 18.4. The second-order valence-electron chi connectivity index (χ2n) is 12.0. The molecule has 1 saturated heterocycles. The maximum absolute atomic E-state index is 16.3. The lowest BCUT2D eigenvalue weighted by Crippen LogP contribution is -2.38. The third-order valence-corrected chi connectivity index (χ3v) is 9.06. The number of hydrogen-bond acceptors (Lipinski definition) is 5. The van der Waals surface area contributed by atoms with E-state index in [0.717, 1.165) is 42.0 Å². The number of alkyl halides is 1. The summed E-state index contributed by atoms with van der Waals surface area (Å²) >= 11 is 6.12. The third-order valence-electron chi connectivity index (χ3n) is 8.82. The first-order valence-electron chi connectivity index (χ1n) is 14.5. The lowest BCUT2D eigenvalue weighted by Gasteiger charge is -2.35. The molecule has 2 atom stereocenters. The molecule has 2 saturated carbocycles. The van der Waals surface area contributed by atoms with E-state index in [0.29, 0.717) is 41.8 Å². The Kier molecular flexibility index (Phi) is 6.70. The number of carbonyl (C=O) groups is 1. The Labute approximate surface area is 244 Å². The molecule has 2 aliphatic carbocycles. The number of aromatic nitrogens is 3. The van der Waals surface area contributed by atoms with Crippen LogP contribution in [0.4, 0.5) is 15.9 Å². The molecule has 4 aromatic rings. The highest BCUT2D eigenvalue weighted by molar-refractivity contribution is 6.30. The Morgan fingerprint density at radius 3 is 2.73 bits per heavy atom. The molecule has 4 heterocycles. The van der Waals surface area contributed by atoms with Gasteiger partial charge in [-0.3, -0.25) is 4.79 Å². The van der Waals surface area contributed by atoms with E-state index >= 15 is 4.39 Å². The van der Waals surface area contributed by atoms with Crippen LogP contribution in [0.3, 0.4) is 0 Å². The smallest absolute Gasteiger partial charge is 0.229 e. The zero-order valence-electron chi connectivity index (χ0n) is 23.1. The predicted molar refractivity (Wildman–Crippen MR) is 159 cm³/mol. The van der Waals surface area contributed by atoms with Gasteiger partial charge in [0.1, 0.15) is 17.1 Å². The molecule has 1 aliphatic heterocycles. The molecule has 0 radical (unpaired) electrons. The third kappa shape index (κ3) is 5.55. The fourth-order valence-corrected chi connectivity index (χ4v) is 6.28. The molecule has 3 aromatic heterocycles. The number of rotatable bonds is 8. The van der Waals surface area contributed by atoms with Gasteiger partial charge in [-0.15, -0.1) is 0 Å². The lowest BCUT2D eigenvalue weighted by molar-refractivity contribution is -0.117. The highest BCUT2D eigenvalue weighted by Gasteiger charge is 2.44. The summed E-state index contributed by atoms with van der Waals surface area (Å²) in [5, 5.41) is 7.05. The Bertz CT molecular complexity index is 1610. The van der Waals surface area contributed by atoms with Crippen molar-refractivity contribution in [1.82, 2.24) is 19.3 Å². The Balaban J connectivity index is 1.04. The number of halogens is 2. The van der Waals surface area contributed by atoms with E-state index in [4.69, 9.17) is 16.6 Å². The normalized spacial score (nSPS) is 22.0. The van der Waals surface area contributed by atoms with Crippen molar-refractivity contribution in [3.05, 3.63) is 88.5 Å². The zero-order valence-corrected chi connectivity index (χ0v) is 23.9. The summed E-state index contributed by atoms with van der Waals surface area (Å²) in [6.45, 7) is 1.96. The lowest BCUT2D eigenvalue weighted by atomic mass is 9.86. The fraction of sp³-hybridized carbons (Fsp3) is 0.406. The Morgan fingerprint density at radius 2 is 1.95 bits per heavy atom. The van der Waals surface area contributed by atoms with E-state index in [1.807, 2.05) is 47.0 Å². The minimum absolute atomic E-state index is 0.0342. The van der Waals surface area contributed by atoms with Crippen LogP contribution >= 0.6 is 11.6 Å². The maximum Gasteiger partial charge on any atom is 0.229 e. The molecule has 3 fully saturated rings. The number of fused-ring (bicyclic) bond motifs is 1. The molecular formula is C32H34ClFN6O. The largest absolute Gasteiger partial charge is 0.379 e. The molecule has 212 valence electrons. The first-order valence-corrected chi connectivity index (χ1v) is 14.9. The number of nitrogens with one attached hydrogen (secondary N) is 2. The van der Waals surface area contributed by atoms with Crippen LogP contribution in [-0.4, -0.2) is 45.3 Å². The van der Waals surface area contributed by atoms with Crippen LogP contribution in [-0.2, 0) is 17.0 Å². The van der Waals surface area contributed by atoms with Crippen LogP contribution < -0.4 is 10.6 Å². The van der Waals surface area contributed by atoms with E-state index < -0.39 is 5.67 Å². The van der Waals surface area contributed by atoms with E-state index in [1.54, 1.807) is 6.20 Å². The van der Waals surface area contributed by atoms with Gasteiger partial charge in [-0.1, -0.05) is 23.7 Å². The van der Waals surface area contributed by atoms with Crippen LogP contribution in [0, 0.1) is 5.92 Å². The second kappa shape index (κ2) is 10.4. The van der Waals surface area contributed by atoms with Gasteiger partial charge < -0.3 is 19.9 Å². The number of carbonyl (C=O) groups excluding carboxylic acids is 1. The highest BCUT2D eigenvalue weighted by Crippen LogP contribution is 2.48. The number of piperidine rings is 1. The standard InChI is InChI=1S/C32H34ClFN6O/c1-39-11-8-32(34,9-12-39)28-14-22(20-5-6-20)18-40-19-25(37-30(28)40)17-36-24-7-10-35-29(15-24)38-31(41)27-16-26(27)21-3-2-4-23(33)13-21/h2-4,7,10,13-15,18-20,26-27H,5-6,8-9,11-12,16-17H2,1H3,(H2,35,36,38,41)/t26-,27+/m1/s1. The number of nitrogens with zero attached hydrogens (tertiary/aromatic N) is 4. The van der Waals surface area contributed by atoms with Gasteiger partial charge in [0, 0.05) is 59.9 Å². The molecule has 7 nitrogen and oxygen atoms in total. The summed E-state index contributed by atoms with van der Waals surface area (Å²) in [6.07, 6.45) is 9.91. The van der Waals surface area contributed by atoms with Gasteiger partial charge in [0.25, 0.3) is 0 Å². The van der Waals surface area contributed by atoms with Crippen molar-refractivity contribution >= 4 is 34.7 Å². The van der Waals surface area contributed by atoms with E-state index in [9.17, 15) is 4.79 Å². The SMILES string of the molecule is CN1CCC(F)(c2cc(C3CC3)cn3cc(CNc4ccnc(NC(=O)[C@H]5C[C@@H]5c5cccc(Cl)c5)c4)nc23)CC1. The highest BCUT2D eigenvalue weighted by atomic mass is 35.5. The summed E-state index contributed by atoms with van der Waals surface area (Å²) in [5.74, 6) is 1.10. The molecule has 3 aliphatic rings. The van der Waals surface area contributed by atoms with Crippen molar-refractivity contribution in [2.45, 2.75) is 56.2 Å². The molecule has 0 bridgehead atoms. The minimum Gasteiger partial charge on any atom is -0.379 e. The Hall–Kier alpha value is -3.49. The first-order chi connectivity index (χ1) is 19.8. The molecule has 9 heteroatoms. The maximum atomic E-state index is 16.3. The molecule has 1 amide bonds. The summed E-state index contributed by atoms with van der Waals surface area (Å²) in [4.78, 5) is 24.3. The quantitative estimate of drug-likeness (QED) is 0.252. The molecule has 0 unspecified atom stereocenters. The first kappa shape index (κ1) is 26.4. The molecular weight excluding hydrogens is 539 g/mol. The molecule has 7 rings (SSSR count). The predicted octanol–water partition coefficient (Wildman–Crippen LogP) is 6.50. The van der Waals surface area contributed by atoms with E-state index in [-0.39, 0.29) is 17.7 Å². The van der Waals surface area contributed by atoms with Crippen LogP contribution in [0.25, 0.3) is 5.65 Å². The van der Waals surface area contributed by atoms with Gasteiger partial charge in [-0.05, 0) is 86.4 Å². The van der Waals surface area contributed by atoms with Crippen LogP contribution in [0.1, 0.15) is 66.3 Å². The van der Waals surface area contributed by atoms with Crippen molar-refractivity contribution in [3.8, 4) is 0 Å². The van der Waals surface area contributed by atoms with Crippen molar-refractivity contribution < 1.29 is 9.18 Å². The van der Waals surface area contributed by atoms with Gasteiger partial charge in [0.2, 0.25) is 5.91 Å². The van der Waals surface area contributed by atoms with Crippen molar-refractivity contribution in [3.63, 3.8) is 0 Å². The number of amides is 1. The summed E-state index contributed by atoms with van der Waals surface area (Å²) in [6, 6.07) is 13.5. The molecule has 41 heavy (non-hydrogen) atoms. The number of hydrogen-bond donors (Lipinski definition) is 2. The number of likely N-dealkylation sites (tertiary alicyclic amines) is 1. The van der Waals surface area contributed by atoms with Gasteiger partial charge in [-0.2, -0.15) is 0 Å². The van der Waals surface area contributed by atoms with Gasteiger partial charge >= 0.3 is 0 Å². The van der Waals surface area contributed by atoms with E-state index in [2.05, 4.69) is 39.8 Å². The number of pyridine rings is 2. The van der Waals surface area contributed by atoms with Crippen LogP contribution in [0.5, 0.6) is 0 Å². The van der Waals surface area contributed by atoms with Crippen LogP contribution in [0.2, 0.25) is 5.02 Å². The fourth-order valence-electron chi connectivity index (χ4n) is 6.08. The van der Waals surface area contributed by atoms with Gasteiger partial charge in [0.15, 0.2) is 0 Å². The van der Waals surface area contributed by atoms with Crippen LogP contribution in [0.15, 0.2) is 61.1 Å². The van der Waals surface area contributed by atoms with Crippen molar-refractivity contribution in [1.29, 1.82) is 0 Å². The minimum atomic E-state index is -1.36. The average Bonchev–Trinajstić information content (AvgIpc) is 3.90. The van der Waals surface area contributed by atoms with Crippen molar-refractivity contribution in [2.24, 2.45) is 5.92 Å². The van der Waals surface area contributed by atoms with E-state index in [1.165, 1.54) is 18.4 Å². The molecule has 2 N–H and O–H groups in total. The number of benzene rings is 1. The zero-order chi connectivity index (χ0) is 28.1. The molecule has 1 aromatic carbocycles. The number of imidazole rings is 1. The van der Waals surface area contributed by atoms with Gasteiger partial charge in [-0.25, -0.2) is 14.4 Å². The summed E-state index contributed by atoms with van der Waals surface area (Å²) in [5.41, 5.74) is 4.04. The molecule has 0 spiro atoms. The summed E-state index contributed by atoms with van der Waals surface area (Å²) in [7, 11) is 2.05. The number of anilines is 2. The topological polar surface area (TPSA) is 74.6 Å². The average molecular weight is 573 g/mol. The van der Waals surface area contributed by atoms with Crippen molar-refractivity contribution in [2.75, 3.05) is 30.8 Å². The second-order valence-corrected chi connectivity index (χ2v) is 12.4. The monoisotopic (exact) mass is 572 g/mol. The van der Waals surface area contributed by atoms with Gasteiger partial charge in [0.05, 0.1) is 12.2 Å².